The Kier molecular flexibility index (Phi) is 6.61. The third kappa shape index (κ3) is 5.16. The van der Waals surface area contributed by atoms with Crippen molar-refractivity contribution in [3.8, 4) is 5.88 Å². The number of aromatic amines is 1. The van der Waals surface area contributed by atoms with Crippen molar-refractivity contribution in [2.75, 3.05) is 33.5 Å². The number of hydrogen-bond acceptors (Lipinski definition) is 5. The highest BCUT2D eigenvalue weighted by molar-refractivity contribution is 6.31. The van der Waals surface area contributed by atoms with Gasteiger partial charge < -0.3 is 19.2 Å². The second-order valence-electron chi connectivity index (χ2n) is 3.16. The van der Waals surface area contributed by atoms with Crippen molar-refractivity contribution >= 4 is 11.6 Å². The van der Waals surface area contributed by atoms with Crippen molar-refractivity contribution in [3.05, 3.63) is 21.7 Å². The second-order valence-corrected chi connectivity index (χ2v) is 3.54. The molecule has 1 aromatic rings. The number of rotatable bonds is 8. The van der Waals surface area contributed by atoms with E-state index in [0.717, 1.165) is 6.42 Å². The molecule has 0 fully saturated rings. The fraction of sp³-hybridized carbons (Fsp3) is 0.600. The van der Waals surface area contributed by atoms with E-state index >= 15 is 0 Å². The van der Waals surface area contributed by atoms with Gasteiger partial charge in [-0.15, -0.1) is 0 Å². The van der Waals surface area contributed by atoms with Crippen molar-refractivity contribution in [1.29, 1.82) is 0 Å². The van der Waals surface area contributed by atoms with Crippen LogP contribution in [0.1, 0.15) is 6.42 Å². The van der Waals surface area contributed by atoms with Crippen molar-refractivity contribution in [3.63, 3.8) is 0 Å². The van der Waals surface area contributed by atoms with Gasteiger partial charge >= 0.3 is 0 Å². The van der Waals surface area contributed by atoms with Crippen LogP contribution in [0.4, 0.5) is 0 Å². The maximum Gasteiger partial charge on any atom is 0.273 e. The van der Waals surface area contributed by atoms with E-state index in [-0.39, 0.29) is 10.9 Å². The lowest BCUT2D eigenvalue weighted by molar-refractivity contribution is 0.0795. The van der Waals surface area contributed by atoms with Gasteiger partial charge in [0, 0.05) is 20.3 Å². The summed E-state index contributed by atoms with van der Waals surface area (Å²) in [5.41, 5.74) is -0.419. The van der Waals surface area contributed by atoms with E-state index in [0.29, 0.717) is 26.4 Å². The number of nitrogens with one attached hydrogen (secondary N) is 1. The first-order chi connectivity index (χ1) is 8.25. The van der Waals surface area contributed by atoms with Gasteiger partial charge in [0.05, 0.1) is 12.9 Å². The molecule has 6 nitrogen and oxygen atoms in total. The Labute approximate surface area is 104 Å². The van der Waals surface area contributed by atoms with Crippen LogP contribution in [-0.4, -0.2) is 43.5 Å². The molecule has 0 unspecified atom stereocenters. The maximum atomic E-state index is 11.1. The quantitative estimate of drug-likeness (QED) is 0.704. The zero-order valence-electron chi connectivity index (χ0n) is 9.57. The molecule has 0 aliphatic carbocycles. The highest BCUT2D eigenvalue weighted by Gasteiger charge is 2.06. The Morgan fingerprint density at radius 3 is 2.94 bits per heavy atom. The lowest BCUT2D eigenvalue weighted by Crippen LogP contribution is -2.13. The highest BCUT2D eigenvalue weighted by atomic mass is 35.5. The molecule has 1 heterocycles. The molecule has 96 valence electrons. The Morgan fingerprint density at radius 1 is 1.35 bits per heavy atom. The molecule has 1 aromatic heterocycles. The minimum absolute atomic E-state index is 0.0492. The minimum Gasteiger partial charge on any atom is -0.474 e. The second kappa shape index (κ2) is 8.05. The van der Waals surface area contributed by atoms with E-state index < -0.39 is 5.56 Å². The van der Waals surface area contributed by atoms with Crippen molar-refractivity contribution in [1.82, 2.24) is 9.97 Å². The third-order valence-corrected chi connectivity index (χ3v) is 2.20. The summed E-state index contributed by atoms with van der Waals surface area (Å²) in [4.78, 5) is 17.2. The normalized spacial score (nSPS) is 10.5. The smallest absolute Gasteiger partial charge is 0.273 e. The van der Waals surface area contributed by atoms with Crippen molar-refractivity contribution in [2.24, 2.45) is 0 Å². The van der Waals surface area contributed by atoms with Gasteiger partial charge in [0.25, 0.3) is 5.56 Å². The van der Waals surface area contributed by atoms with Crippen LogP contribution < -0.4 is 10.3 Å². The number of H-pyrrole nitrogens is 1. The first-order valence-electron chi connectivity index (χ1n) is 5.18. The predicted molar refractivity (Wildman–Crippen MR) is 62.7 cm³/mol. The van der Waals surface area contributed by atoms with Gasteiger partial charge in [0.15, 0.2) is 5.02 Å². The van der Waals surface area contributed by atoms with Crippen LogP contribution in [0, 0.1) is 0 Å². The average Bonchev–Trinajstić information content (AvgIpc) is 2.33. The summed E-state index contributed by atoms with van der Waals surface area (Å²) in [6.45, 7) is 1.98. The molecule has 17 heavy (non-hydrogen) atoms. The fourth-order valence-electron chi connectivity index (χ4n) is 1.07. The highest BCUT2D eigenvalue weighted by Crippen LogP contribution is 2.14. The van der Waals surface area contributed by atoms with E-state index in [1.807, 2.05) is 0 Å². The molecule has 0 saturated carbocycles. The topological polar surface area (TPSA) is 73.4 Å². The van der Waals surface area contributed by atoms with Gasteiger partial charge in [0.1, 0.15) is 6.61 Å². The van der Waals surface area contributed by atoms with E-state index in [9.17, 15) is 4.79 Å². The Bertz CT molecular complexity index is 383. The van der Waals surface area contributed by atoms with Crippen LogP contribution in [0.15, 0.2) is 11.1 Å². The summed E-state index contributed by atoms with van der Waals surface area (Å²) in [5, 5.41) is -0.0492. The molecule has 0 spiro atoms. The maximum absolute atomic E-state index is 11.1. The van der Waals surface area contributed by atoms with E-state index in [1.165, 1.54) is 6.33 Å². The summed E-state index contributed by atoms with van der Waals surface area (Å²) < 4.78 is 15.3. The monoisotopic (exact) mass is 262 g/mol. The molecule has 0 bridgehead atoms. The molecule has 0 aromatic carbocycles. The molecule has 1 N–H and O–H groups in total. The molecule has 7 heteroatoms. The number of nitrogens with zero attached hydrogens (tertiary/aromatic N) is 1. The molecule has 0 saturated heterocycles. The molecule has 0 aliphatic heterocycles. The molecule has 0 radical (unpaired) electrons. The minimum atomic E-state index is -0.419. The van der Waals surface area contributed by atoms with Gasteiger partial charge in [-0.25, -0.2) is 4.98 Å². The number of hydrogen-bond donors (Lipinski definition) is 1. The fourth-order valence-corrected chi connectivity index (χ4v) is 1.23. The molecule has 0 amide bonds. The lowest BCUT2D eigenvalue weighted by Gasteiger charge is -2.06. The largest absolute Gasteiger partial charge is 0.474 e. The van der Waals surface area contributed by atoms with E-state index in [1.54, 1.807) is 7.11 Å². The summed E-state index contributed by atoms with van der Waals surface area (Å²) in [5.74, 6) is 0.121. The zero-order chi connectivity index (χ0) is 12.5. The standard InChI is InChI=1S/C10H15ClN2O4/c1-15-3-2-4-16-5-6-17-10-8(11)9(14)12-7-13-10/h7H,2-6H2,1H3,(H,12,13,14). The molecule has 0 aliphatic rings. The summed E-state index contributed by atoms with van der Waals surface area (Å²) in [6.07, 6.45) is 2.07. The van der Waals surface area contributed by atoms with Crippen LogP contribution in [0.2, 0.25) is 5.02 Å². The van der Waals surface area contributed by atoms with Crippen LogP contribution >= 0.6 is 11.6 Å². The zero-order valence-corrected chi connectivity index (χ0v) is 10.3. The van der Waals surface area contributed by atoms with E-state index in [2.05, 4.69) is 9.97 Å². The molecular weight excluding hydrogens is 248 g/mol. The predicted octanol–water partition coefficient (Wildman–Crippen LogP) is 0.855. The lowest BCUT2D eigenvalue weighted by atomic mass is 10.5. The van der Waals surface area contributed by atoms with Gasteiger partial charge in [-0.05, 0) is 6.42 Å². The van der Waals surface area contributed by atoms with Crippen molar-refractivity contribution < 1.29 is 14.2 Å². The average molecular weight is 263 g/mol. The molecule has 1 rings (SSSR count). The Balaban J connectivity index is 2.18. The first-order valence-corrected chi connectivity index (χ1v) is 5.56. The summed E-state index contributed by atoms with van der Waals surface area (Å²) >= 11 is 5.69. The molecular formula is C10H15ClN2O4. The number of ether oxygens (including phenoxy) is 3. The van der Waals surface area contributed by atoms with Gasteiger partial charge in [0.2, 0.25) is 5.88 Å². The van der Waals surface area contributed by atoms with E-state index in [4.69, 9.17) is 25.8 Å². The van der Waals surface area contributed by atoms with Gasteiger partial charge in [-0.1, -0.05) is 11.6 Å². The third-order valence-electron chi connectivity index (χ3n) is 1.87. The van der Waals surface area contributed by atoms with Crippen LogP contribution in [0.5, 0.6) is 5.88 Å². The van der Waals surface area contributed by atoms with Crippen LogP contribution in [0.3, 0.4) is 0 Å². The number of methoxy groups -OCH3 is 1. The summed E-state index contributed by atoms with van der Waals surface area (Å²) in [7, 11) is 1.64. The van der Waals surface area contributed by atoms with Crippen LogP contribution in [0.25, 0.3) is 0 Å². The summed E-state index contributed by atoms with van der Waals surface area (Å²) in [6, 6.07) is 0. The Morgan fingerprint density at radius 2 is 2.18 bits per heavy atom. The Hall–Kier alpha value is -1.11. The number of halogens is 1. The van der Waals surface area contributed by atoms with Crippen LogP contribution in [-0.2, 0) is 9.47 Å². The first kappa shape index (κ1) is 14.0. The van der Waals surface area contributed by atoms with Gasteiger partial charge in [-0.3, -0.25) is 4.79 Å². The molecule has 0 atom stereocenters. The van der Waals surface area contributed by atoms with Gasteiger partial charge in [-0.2, -0.15) is 0 Å². The SMILES string of the molecule is COCCCOCCOc1nc[nH]c(=O)c1Cl. The number of aromatic nitrogens is 2. The van der Waals surface area contributed by atoms with Crippen molar-refractivity contribution in [2.45, 2.75) is 6.42 Å².